The molecule has 0 spiro atoms. The maximum Gasteiger partial charge on any atom is 0.403 e. The van der Waals surface area contributed by atoms with Crippen molar-refractivity contribution in [1.82, 2.24) is 15.5 Å². The molecule has 2 fully saturated rings. The highest BCUT2D eigenvalue weighted by Crippen LogP contribution is 2.58. The lowest BCUT2D eigenvalue weighted by molar-refractivity contribution is -0.166. The van der Waals surface area contributed by atoms with Gasteiger partial charge in [0.2, 0.25) is 5.89 Å². The van der Waals surface area contributed by atoms with E-state index in [1.165, 1.54) is 0 Å². The lowest BCUT2D eigenvalue weighted by atomic mass is 10.1. The van der Waals surface area contributed by atoms with E-state index in [-0.39, 0.29) is 37.2 Å². The summed E-state index contributed by atoms with van der Waals surface area (Å²) in [4.78, 5) is 3.93. The van der Waals surface area contributed by atoms with Crippen molar-refractivity contribution < 1.29 is 17.7 Å². The minimum atomic E-state index is -4.29. The Labute approximate surface area is 108 Å². The Balaban J connectivity index is 0.00000120. The summed E-state index contributed by atoms with van der Waals surface area (Å²) in [5.41, 5.74) is -1.86. The van der Waals surface area contributed by atoms with E-state index in [1.807, 2.05) is 0 Å². The largest absolute Gasteiger partial charge is 0.403 e. The molecule has 1 atom stereocenters. The third-order valence-electron chi connectivity index (χ3n) is 3.52. The summed E-state index contributed by atoms with van der Waals surface area (Å²) in [7, 11) is 0. The topological polar surface area (TPSA) is 51.0 Å². The van der Waals surface area contributed by atoms with Gasteiger partial charge in [0.25, 0.3) is 0 Å². The van der Waals surface area contributed by atoms with E-state index in [9.17, 15) is 13.2 Å². The van der Waals surface area contributed by atoms with Crippen LogP contribution in [-0.4, -0.2) is 22.9 Å². The zero-order valence-electron chi connectivity index (χ0n) is 9.46. The van der Waals surface area contributed by atoms with Gasteiger partial charge in [-0.15, -0.1) is 12.4 Å². The highest BCUT2D eigenvalue weighted by Gasteiger charge is 2.68. The summed E-state index contributed by atoms with van der Waals surface area (Å²) in [6.07, 6.45) is -2.36. The first-order valence-electron chi connectivity index (χ1n) is 5.67. The van der Waals surface area contributed by atoms with Gasteiger partial charge in [-0.05, 0) is 32.2 Å². The molecule has 1 aliphatic carbocycles. The highest BCUT2D eigenvalue weighted by molar-refractivity contribution is 5.85. The molecular weight excluding hydrogens is 271 g/mol. The Hall–Kier alpha value is -0.820. The first kappa shape index (κ1) is 13.6. The average molecular weight is 284 g/mol. The predicted octanol–water partition coefficient (Wildman–Crippen LogP) is 2.51. The van der Waals surface area contributed by atoms with Crippen LogP contribution in [0.5, 0.6) is 0 Å². The molecule has 2 heterocycles. The number of halogens is 4. The molecule has 1 aromatic heterocycles. The first-order chi connectivity index (χ1) is 8.03. The quantitative estimate of drug-likeness (QED) is 0.906. The Morgan fingerprint density at radius 1 is 1.33 bits per heavy atom. The van der Waals surface area contributed by atoms with Crippen LogP contribution in [0, 0.1) is 0 Å². The lowest BCUT2D eigenvalue weighted by Gasteiger charge is -2.14. The van der Waals surface area contributed by atoms with E-state index in [4.69, 9.17) is 4.52 Å². The van der Waals surface area contributed by atoms with Gasteiger partial charge in [0.1, 0.15) is 5.41 Å². The molecule has 1 saturated carbocycles. The Morgan fingerprint density at radius 3 is 2.56 bits per heavy atom. The second-order valence-electron chi connectivity index (χ2n) is 4.69. The van der Waals surface area contributed by atoms with Crippen LogP contribution in [-0.2, 0) is 5.41 Å². The number of hydrogen-bond donors (Lipinski definition) is 1. The van der Waals surface area contributed by atoms with Crippen LogP contribution >= 0.6 is 12.4 Å². The van der Waals surface area contributed by atoms with Crippen molar-refractivity contribution >= 4 is 12.4 Å². The van der Waals surface area contributed by atoms with Gasteiger partial charge in [-0.1, -0.05) is 5.16 Å². The second kappa shape index (κ2) is 4.38. The maximum absolute atomic E-state index is 12.8. The fourth-order valence-corrected chi connectivity index (χ4v) is 2.22. The zero-order chi connectivity index (χ0) is 12.1. The minimum absolute atomic E-state index is 0. The molecule has 1 N–H and O–H groups in total. The van der Waals surface area contributed by atoms with Crippen molar-refractivity contribution in [1.29, 1.82) is 0 Å². The second-order valence-corrected chi connectivity index (χ2v) is 4.69. The van der Waals surface area contributed by atoms with Crippen LogP contribution in [0.1, 0.15) is 43.4 Å². The first-order valence-corrected chi connectivity index (χ1v) is 5.67. The molecule has 0 aromatic carbocycles. The zero-order valence-corrected chi connectivity index (χ0v) is 10.3. The van der Waals surface area contributed by atoms with Gasteiger partial charge in [-0.2, -0.15) is 18.2 Å². The summed E-state index contributed by atoms with van der Waals surface area (Å²) in [6, 6.07) is -0.0588. The van der Waals surface area contributed by atoms with Gasteiger partial charge in [-0.3, -0.25) is 0 Å². The predicted molar refractivity (Wildman–Crippen MR) is 58.5 cm³/mol. The summed E-state index contributed by atoms with van der Waals surface area (Å²) in [5, 5.41) is 6.80. The molecule has 0 amide bonds. The van der Waals surface area contributed by atoms with Gasteiger partial charge in [-0.25, -0.2) is 0 Å². The van der Waals surface area contributed by atoms with Gasteiger partial charge in [0, 0.05) is 0 Å². The molecule has 1 aliphatic heterocycles. The van der Waals surface area contributed by atoms with Crippen LogP contribution in [0.2, 0.25) is 0 Å². The van der Waals surface area contributed by atoms with Crippen molar-refractivity contribution in [3.8, 4) is 0 Å². The molecule has 1 aromatic rings. The summed E-state index contributed by atoms with van der Waals surface area (Å²) in [6.45, 7) is 0.846. The summed E-state index contributed by atoms with van der Waals surface area (Å²) in [5.74, 6) is 0.0849. The number of aromatic nitrogens is 2. The Bertz CT molecular complexity index is 424. The monoisotopic (exact) mass is 283 g/mol. The molecule has 3 rings (SSSR count). The molecule has 1 saturated heterocycles. The molecule has 2 aliphatic rings. The molecule has 8 heteroatoms. The van der Waals surface area contributed by atoms with Crippen molar-refractivity contribution in [2.24, 2.45) is 0 Å². The van der Waals surface area contributed by atoms with E-state index < -0.39 is 11.6 Å². The number of hydrogen-bond acceptors (Lipinski definition) is 4. The SMILES string of the molecule is Cl.FC(F)(F)C1(c2nc([C@@H]3CCCN3)no2)CC1. The molecule has 18 heavy (non-hydrogen) atoms. The van der Waals surface area contributed by atoms with E-state index in [0.717, 1.165) is 19.4 Å². The summed E-state index contributed by atoms with van der Waals surface area (Å²) < 4.78 is 43.3. The third-order valence-corrected chi connectivity index (χ3v) is 3.52. The molecule has 0 radical (unpaired) electrons. The van der Waals surface area contributed by atoms with E-state index in [1.54, 1.807) is 0 Å². The van der Waals surface area contributed by atoms with Crippen LogP contribution < -0.4 is 5.32 Å². The van der Waals surface area contributed by atoms with E-state index in [0.29, 0.717) is 5.82 Å². The van der Waals surface area contributed by atoms with E-state index >= 15 is 0 Å². The molecular formula is C10H13ClF3N3O. The molecule has 0 unspecified atom stereocenters. The van der Waals surface area contributed by atoms with Gasteiger partial charge in [0.15, 0.2) is 5.82 Å². The number of alkyl halides is 3. The summed E-state index contributed by atoms with van der Waals surface area (Å²) >= 11 is 0. The number of nitrogens with zero attached hydrogens (tertiary/aromatic N) is 2. The van der Waals surface area contributed by atoms with Crippen molar-refractivity contribution in [2.75, 3.05) is 6.54 Å². The molecule has 4 nitrogen and oxygen atoms in total. The van der Waals surface area contributed by atoms with Crippen molar-refractivity contribution in [3.63, 3.8) is 0 Å². The van der Waals surface area contributed by atoms with Gasteiger partial charge < -0.3 is 9.84 Å². The normalized spacial score (nSPS) is 25.8. The van der Waals surface area contributed by atoms with Crippen LogP contribution in [0.15, 0.2) is 4.52 Å². The standard InChI is InChI=1S/C10H12F3N3O.ClH/c11-10(12,13)9(3-4-9)8-15-7(16-17-8)6-2-1-5-14-6;/h6,14H,1-5H2;1H/t6-;/m0./s1. The average Bonchev–Trinajstić information content (AvgIpc) is 2.76. The van der Waals surface area contributed by atoms with Crippen molar-refractivity contribution in [2.45, 2.75) is 43.3 Å². The Kier molecular flexibility index (Phi) is 3.31. The van der Waals surface area contributed by atoms with Crippen molar-refractivity contribution in [3.05, 3.63) is 11.7 Å². The number of nitrogens with one attached hydrogen (secondary N) is 1. The van der Waals surface area contributed by atoms with Gasteiger partial charge in [0.05, 0.1) is 6.04 Å². The van der Waals surface area contributed by atoms with E-state index in [2.05, 4.69) is 15.5 Å². The van der Waals surface area contributed by atoms with Gasteiger partial charge >= 0.3 is 6.18 Å². The van der Waals surface area contributed by atoms with Crippen LogP contribution in [0.4, 0.5) is 13.2 Å². The third kappa shape index (κ3) is 1.99. The smallest absolute Gasteiger partial charge is 0.338 e. The van der Waals surface area contributed by atoms with Crippen LogP contribution in [0.3, 0.4) is 0 Å². The van der Waals surface area contributed by atoms with Crippen LogP contribution in [0.25, 0.3) is 0 Å². The minimum Gasteiger partial charge on any atom is -0.338 e. The number of rotatable bonds is 2. The lowest BCUT2D eigenvalue weighted by Crippen LogP contribution is -2.29. The highest BCUT2D eigenvalue weighted by atomic mass is 35.5. The molecule has 0 bridgehead atoms. The molecule has 102 valence electrons. The fraction of sp³-hybridized carbons (Fsp3) is 0.800. The Morgan fingerprint density at radius 2 is 2.06 bits per heavy atom. The maximum atomic E-state index is 12.8. The fourth-order valence-electron chi connectivity index (χ4n) is 2.22.